The molecular formula is C46H60N2O9. The molecule has 2 heterocycles. The second-order valence-corrected chi connectivity index (χ2v) is 16.3. The molecule has 11 heteroatoms. The summed E-state index contributed by atoms with van der Waals surface area (Å²) >= 11 is 0. The van der Waals surface area contributed by atoms with E-state index >= 15 is 0 Å². The van der Waals surface area contributed by atoms with Gasteiger partial charge in [-0.3, -0.25) is 9.59 Å². The van der Waals surface area contributed by atoms with E-state index in [1.54, 1.807) is 24.3 Å². The number of fused-ring (bicyclic) bond motifs is 2. The zero-order valence-corrected chi connectivity index (χ0v) is 33.4. The minimum atomic E-state index is -1.29. The van der Waals surface area contributed by atoms with Crippen molar-refractivity contribution in [1.82, 2.24) is 4.90 Å². The molecule has 1 amide bonds. The highest BCUT2D eigenvalue weighted by atomic mass is 16.8. The molecule has 308 valence electrons. The van der Waals surface area contributed by atoms with Gasteiger partial charge in [0.2, 0.25) is 18.0 Å². The third kappa shape index (κ3) is 9.02. The Bertz CT molecular complexity index is 1770. The van der Waals surface area contributed by atoms with Crippen LogP contribution in [0.3, 0.4) is 0 Å². The van der Waals surface area contributed by atoms with E-state index in [-0.39, 0.29) is 49.4 Å². The molecule has 7 rings (SSSR count). The van der Waals surface area contributed by atoms with E-state index in [9.17, 15) is 19.8 Å². The first-order valence-electron chi connectivity index (χ1n) is 21.3. The van der Waals surface area contributed by atoms with Gasteiger partial charge >= 0.3 is 0 Å². The average Bonchev–Trinajstić information content (AvgIpc) is 4.09. The van der Waals surface area contributed by atoms with Crippen LogP contribution in [-0.4, -0.2) is 84.1 Å². The number of oxime groups is 1. The van der Waals surface area contributed by atoms with Gasteiger partial charge in [-0.2, -0.15) is 0 Å². The van der Waals surface area contributed by atoms with Crippen LogP contribution in [0.15, 0.2) is 71.9 Å². The number of unbranched alkanes of at least 4 members (excludes halogenated alkanes) is 2. The molecule has 3 aliphatic carbocycles. The van der Waals surface area contributed by atoms with E-state index in [0.717, 1.165) is 87.3 Å². The number of amides is 1. The summed E-state index contributed by atoms with van der Waals surface area (Å²) in [6, 6.07) is 12.5. The molecule has 0 spiro atoms. The lowest BCUT2D eigenvalue weighted by Gasteiger charge is -2.60. The molecule has 2 N–H and O–H groups in total. The molecule has 0 radical (unpaired) electrons. The molecule has 0 bridgehead atoms. The molecule has 2 aliphatic heterocycles. The molecule has 1 saturated heterocycles. The van der Waals surface area contributed by atoms with Crippen LogP contribution in [0.2, 0.25) is 0 Å². The van der Waals surface area contributed by atoms with Crippen molar-refractivity contribution in [2.45, 2.75) is 114 Å². The van der Waals surface area contributed by atoms with Crippen molar-refractivity contribution >= 4 is 17.9 Å². The molecular weight excluding hydrogens is 725 g/mol. The summed E-state index contributed by atoms with van der Waals surface area (Å²) in [6.45, 7) is 7.74. The number of allylic oxidation sites excluding steroid dienone is 1. The topological polar surface area (TPSA) is 136 Å². The molecule has 5 aliphatic rings. The van der Waals surface area contributed by atoms with Gasteiger partial charge in [-0.15, -0.1) is 6.58 Å². The minimum absolute atomic E-state index is 0.0187. The second kappa shape index (κ2) is 19.1. The Hall–Kier alpha value is -4.03. The van der Waals surface area contributed by atoms with Gasteiger partial charge in [0.1, 0.15) is 29.6 Å². The van der Waals surface area contributed by atoms with E-state index in [1.165, 1.54) is 0 Å². The maximum atomic E-state index is 14.4. The quantitative estimate of drug-likeness (QED) is 0.0591. The Kier molecular flexibility index (Phi) is 13.8. The van der Waals surface area contributed by atoms with Crippen molar-refractivity contribution in [2.24, 2.45) is 28.8 Å². The average molecular weight is 785 g/mol. The van der Waals surface area contributed by atoms with Crippen LogP contribution >= 0.6 is 0 Å². The summed E-state index contributed by atoms with van der Waals surface area (Å²) in [5.41, 5.74) is 3.26. The lowest BCUT2D eigenvalue weighted by atomic mass is 9.55. The van der Waals surface area contributed by atoms with Crippen LogP contribution < -0.4 is 9.47 Å². The Balaban J connectivity index is 1.43. The lowest BCUT2D eigenvalue weighted by Crippen LogP contribution is -2.70. The summed E-state index contributed by atoms with van der Waals surface area (Å²) in [6.07, 6.45) is 14.8. The molecule has 2 saturated carbocycles. The van der Waals surface area contributed by atoms with Crippen molar-refractivity contribution in [3.05, 3.63) is 77.9 Å². The third-order valence-electron chi connectivity index (χ3n) is 12.3. The zero-order chi connectivity index (χ0) is 39.8. The van der Waals surface area contributed by atoms with Crippen LogP contribution in [0.1, 0.15) is 112 Å². The molecule has 2 aromatic carbocycles. The summed E-state index contributed by atoms with van der Waals surface area (Å²) in [5, 5.41) is 24.7. The van der Waals surface area contributed by atoms with Gasteiger partial charge in [-0.05, 0) is 106 Å². The monoisotopic (exact) mass is 784 g/mol. The van der Waals surface area contributed by atoms with Crippen molar-refractivity contribution in [2.75, 3.05) is 33.0 Å². The fraction of sp³-hybridized carbons (Fsp3) is 0.587. The SMILES string of the molecule is C=CCO[C@@]12Oc3ccc(Oc4cccc(C=O)c4)cc3[C@H]3[C@H](CCCCO)[C@@H](CCCCO)C=C(C(=NOC4CCCCO4)C[C@@H]1N(CCC)C(=O)C1CC1)[C@H]32. The van der Waals surface area contributed by atoms with Crippen molar-refractivity contribution in [3.8, 4) is 17.2 Å². The number of aliphatic hydroxyl groups excluding tert-OH is 2. The van der Waals surface area contributed by atoms with Crippen molar-refractivity contribution in [3.63, 3.8) is 0 Å². The normalized spacial score (nSPS) is 28.3. The first kappa shape index (κ1) is 41.1. The Morgan fingerprint density at radius 1 is 1.04 bits per heavy atom. The molecule has 1 unspecified atom stereocenters. The fourth-order valence-corrected chi connectivity index (χ4v) is 9.64. The number of rotatable bonds is 20. The van der Waals surface area contributed by atoms with Crippen molar-refractivity contribution in [1.29, 1.82) is 0 Å². The number of benzene rings is 2. The van der Waals surface area contributed by atoms with Gasteiger partial charge in [-0.1, -0.05) is 49.2 Å². The smallest absolute Gasteiger partial charge is 0.239 e. The number of aldehydes is 1. The third-order valence-corrected chi connectivity index (χ3v) is 12.3. The minimum Gasteiger partial charge on any atom is -0.459 e. The van der Waals surface area contributed by atoms with Crippen molar-refractivity contribution < 1.29 is 43.6 Å². The number of hydrogen-bond donors (Lipinski definition) is 2. The van der Waals surface area contributed by atoms with E-state index < -0.39 is 24.0 Å². The summed E-state index contributed by atoms with van der Waals surface area (Å²) < 4.78 is 26.8. The van der Waals surface area contributed by atoms with Crippen LogP contribution in [0.5, 0.6) is 17.2 Å². The highest BCUT2D eigenvalue weighted by molar-refractivity contribution is 6.03. The Morgan fingerprint density at radius 2 is 1.84 bits per heavy atom. The molecule has 3 fully saturated rings. The highest BCUT2D eigenvalue weighted by Gasteiger charge is 2.65. The van der Waals surface area contributed by atoms with E-state index in [1.807, 2.05) is 23.1 Å². The number of aliphatic hydroxyl groups is 2. The molecule has 2 aromatic rings. The Labute approximate surface area is 337 Å². The van der Waals surface area contributed by atoms with Gasteiger partial charge < -0.3 is 38.9 Å². The largest absolute Gasteiger partial charge is 0.459 e. The fourth-order valence-electron chi connectivity index (χ4n) is 9.64. The van der Waals surface area contributed by atoms with E-state index in [4.69, 9.17) is 28.9 Å². The predicted molar refractivity (Wildman–Crippen MR) is 216 cm³/mol. The van der Waals surface area contributed by atoms with Gasteiger partial charge in [-0.25, -0.2) is 0 Å². The maximum Gasteiger partial charge on any atom is 0.239 e. The number of ether oxygens (including phenoxy) is 4. The maximum absolute atomic E-state index is 14.4. The van der Waals surface area contributed by atoms with E-state index in [2.05, 4.69) is 25.6 Å². The summed E-state index contributed by atoms with van der Waals surface area (Å²) in [7, 11) is 0. The first-order chi connectivity index (χ1) is 27.9. The molecule has 57 heavy (non-hydrogen) atoms. The molecule has 7 atom stereocenters. The molecule has 0 aromatic heterocycles. The van der Waals surface area contributed by atoms with Gasteiger partial charge in [0.15, 0.2) is 0 Å². The Morgan fingerprint density at radius 3 is 2.56 bits per heavy atom. The lowest BCUT2D eigenvalue weighted by molar-refractivity contribution is -0.258. The second-order valence-electron chi connectivity index (χ2n) is 16.3. The van der Waals surface area contributed by atoms with E-state index in [0.29, 0.717) is 55.2 Å². The molecule has 11 nitrogen and oxygen atoms in total. The number of nitrogens with zero attached hydrogens (tertiary/aromatic N) is 2. The number of hydrogen-bond acceptors (Lipinski definition) is 10. The summed E-state index contributed by atoms with van der Waals surface area (Å²) in [5.74, 6) is 0.279. The van der Waals surface area contributed by atoms with Crippen LogP contribution in [-0.2, 0) is 19.1 Å². The highest BCUT2D eigenvalue weighted by Crippen LogP contribution is 2.62. The number of carbonyl (C=O) groups is 2. The van der Waals surface area contributed by atoms with Crippen LogP contribution in [0, 0.1) is 23.7 Å². The summed E-state index contributed by atoms with van der Waals surface area (Å²) in [4.78, 5) is 34.3. The predicted octanol–water partition coefficient (Wildman–Crippen LogP) is 8.10. The zero-order valence-electron chi connectivity index (χ0n) is 33.4. The first-order valence-corrected chi connectivity index (χ1v) is 21.3. The van der Waals surface area contributed by atoms with Crippen LogP contribution in [0.4, 0.5) is 0 Å². The van der Waals surface area contributed by atoms with Gasteiger partial charge in [0.25, 0.3) is 0 Å². The van der Waals surface area contributed by atoms with Gasteiger partial charge in [0, 0.05) is 55.6 Å². The van der Waals surface area contributed by atoms with Crippen LogP contribution in [0.25, 0.3) is 0 Å². The van der Waals surface area contributed by atoms with Gasteiger partial charge in [0.05, 0.1) is 24.8 Å². The number of carbonyl (C=O) groups excluding carboxylic acids is 2. The standard InChI is InChI=1S/C46H60N2O9/c1-3-21-48(45(52)32-17-18-32)41-29-39(47-57-42-16-7-10-25-53-42)37-27-33(13-5-8-22-49)36(15-6-9-23-50)43-38-28-35(55-34-14-11-12-31(26-34)30-51)19-20-40(38)56-46(41,44(37)43)54-24-4-2/h4,11-12,14,19-20,26-28,30,32-33,36,41-44,49-50H,2-3,5-10,13,15-18,21-25,29H2,1H3/t33-,36+,41-,42?,43+,44+,46+/m0/s1.